The van der Waals surface area contributed by atoms with E-state index in [0.717, 1.165) is 23.9 Å². The second kappa shape index (κ2) is 6.36. The van der Waals surface area contributed by atoms with Gasteiger partial charge >= 0.3 is 0 Å². The second-order valence-corrected chi connectivity index (χ2v) is 6.27. The summed E-state index contributed by atoms with van der Waals surface area (Å²) >= 11 is 1.63. The number of amides is 1. The molecule has 1 aliphatic rings. The average Bonchev–Trinajstić information content (AvgIpc) is 3.35. The Morgan fingerprint density at radius 2 is 2.04 bits per heavy atom. The molecule has 122 valence electrons. The largest absolute Gasteiger partial charge is 0.345 e. The standard InChI is InChI=1S/C15H15N7OS/c23-14(12-2-1-3-13(10-12)22-11-17-18-19-22)20-5-7-21(8-6-20)15-16-4-9-24-15/h1-4,9-11H,5-8H2. The van der Waals surface area contributed by atoms with Gasteiger partial charge in [-0.15, -0.1) is 16.4 Å². The Labute approximate surface area is 142 Å². The fourth-order valence-electron chi connectivity index (χ4n) is 2.72. The van der Waals surface area contributed by atoms with E-state index < -0.39 is 0 Å². The highest BCUT2D eigenvalue weighted by atomic mass is 32.1. The van der Waals surface area contributed by atoms with E-state index in [1.807, 2.05) is 40.7 Å². The molecular formula is C15H15N7OS. The van der Waals surface area contributed by atoms with Crippen LogP contribution in [0.4, 0.5) is 5.13 Å². The minimum atomic E-state index is 0.0312. The lowest BCUT2D eigenvalue weighted by Gasteiger charge is -2.34. The number of tetrazole rings is 1. The Kier molecular flexibility index (Phi) is 3.91. The van der Waals surface area contributed by atoms with Crippen molar-refractivity contribution in [1.82, 2.24) is 30.1 Å². The average molecular weight is 341 g/mol. The minimum Gasteiger partial charge on any atom is -0.345 e. The molecule has 1 aliphatic heterocycles. The Morgan fingerprint density at radius 1 is 1.17 bits per heavy atom. The van der Waals surface area contributed by atoms with Gasteiger partial charge in [0.2, 0.25) is 0 Å². The highest BCUT2D eigenvalue weighted by molar-refractivity contribution is 7.13. The van der Waals surface area contributed by atoms with E-state index in [1.54, 1.807) is 11.3 Å². The number of aromatic nitrogens is 5. The molecule has 1 aromatic carbocycles. The van der Waals surface area contributed by atoms with Gasteiger partial charge < -0.3 is 9.80 Å². The van der Waals surface area contributed by atoms with Crippen LogP contribution in [0.15, 0.2) is 42.2 Å². The Morgan fingerprint density at radius 3 is 2.75 bits per heavy atom. The van der Waals surface area contributed by atoms with Crippen LogP contribution in [-0.4, -0.2) is 62.2 Å². The highest BCUT2D eigenvalue weighted by Gasteiger charge is 2.23. The van der Waals surface area contributed by atoms with Crippen molar-refractivity contribution in [3.05, 3.63) is 47.7 Å². The molecule has 9 heteroatoms. The summed E-state index contributed by atoms with van der Waals surface area (Å²) in [6, 6.07) is 7.35. The molecule has 2 aromatic heterocycles. The molecule has 0 saturated carbocycles. The predicted molar refractivity (Wildman–Crippen MR) is 89.4 cm³/mol. The van der Waals surface area contributed by atoms with Crippen LogP contribution in [0.5, 0.6) is 0 Å². The van der Waals surface area contributed by atoms with Gasteiger partial charge in [0, 0.05) is 43.3 Å². The topological polar surface area (TPSA) is 80.0 Å². The Bertz CT molecular complexity index is 810. The molecule has 0 unspecified atom stereocenters. The van der Waals surface area contributed by atoms with Gasteiger partial charge in [-0.25, -0.2) is 9.67 Å². The molecule has 0 spiro atoms. The molecule has 1 saturated heterocycles. The van der Waals surface area contributed by atoms with Gasteiger partial charge in [0.05, 0.1) is 5.69 Å². The van der Waals surface area contributed by atoms with E-state index in [4.69, 9.17) is 0 Å². The number of carbonyl (C=O) groups excluding carboxylic acids is 1. The molecule has 0 atom stereocenters. The molecule has 4 rings (SSSR count). The monoisotopic (exact) mass is 341 g/mol. The number of hydrogen-bond acceptors (Lipinski definition) is 7. The summed E-state index contributed by atoms with van der Waals surface area (Å²) in [5.74, 6) is 0.0312. The summed E-state index contributed by atoms with van der Waals surface area (Å²) in [6.07, 6.45) is 3.32. The first-order valence-electron chi connectivity index (χ1n) is 7.58. The number of anilines is 1. The normalized spacial score (nSPS) is 14.8. The zero-order chi connectivity index (χ0) is 16.4. The molecule has 1 amide bonds. The van der Waals surface area contributed by atoms with E-state index in [-0.39, 0.29) is 5.91 Å². The van der Waals surface area contributed by atoms with E-state index in [1.165, 1.54) is 11.0 Å². The quantitative estimate of drug-likeness (QED) is 0.709. The maximum absolute atomic E-state index is 12.7. The molecule has 8 nitrogen and oxygen atoms in total. The third-order valence-electron chi connectivity index (χ3n) is 3.96. The number of carbonyl (C=O) groups is 1. The fraction of sp³-hybridized carbons (Fsp3) is 0.267. The number of hydrogen-bond donors (Lipinski definition) is 0. The van der Waals surface area contributed by atoms with Gasteiger partial charge in [-0.05, 0) is 28.6 Å². The van der Waals surface area contributed by atoms with Gasteiger partial charge in [-0.1, -0.05) is 6.07 Å². The second-order valence-electron chi connectivity index (χ2n) is 5.40. The molecule has 0 bridgehead atoms. The maximum Gasteiger partial charge on any atom is 0.254 e. The van der Waals surface area contributed by atoms with Crippen LogP contribution in [0.3, 0.4) is 0 Å². The lowest BCUT2D eigenvalue weighted by atomic mass is 10.1. The molecule has 3 aromatic rings. The summed E-state index contributed by atoms with van der Waals surface area (Å²) < 4.78 is 1.54. The van der Waals surface area contributed by atoms with E-state index in [9.17, 15) is 4.79 Å². The zero-order valence-corrected chi connectivity index (χ0v) is 13.6. The Hall–Kier alpha value is -2.81. The van der Waals surface area contributed by atoms with Crippen LogP contribution in [0.2, 0.25) is 0 Å². The maximum atomic E-state index is 12.7. The van der Waals surface area contributed by atoms with Crippen molar-refractivity contribution in [3.8, 4) is 5.69 Å². The van der Waals surface area contributed by atoms with Gasteiger partial charge in [-0.2, -0.15) is 0 Å². The third-order valence-corrected chi connectivity index (χ3v) is 4.80. The number of benzene rings is 1. The summed E-state index contributed by atoms with van der Waals surface area (Å²) in [4.78, 5) is 21.2. The molecule has 24 heavy (non-hydrogen) atoms. The van der Waals surface area contributed by atoms with Gasteiger partial charge in [0.1, 0.15) is 6.33 Å². The first-order valence-corrected chi connectivity index (χ1v) is 8.46. The molecule has 1 fully saturated rings. The van der Waals surface area contributed by atoms with Gasteiger partial charge in [0.15, 0.2) is 5.13 Å². The van der Waals surface area contributed by atoms with Crippen LogP contribution in [-0.2, 0) is 0 Å². The molecule has 3 heterocycles. The molecule has 0 radical (unpaired) electrons. The highest BCUT2D eigenvalue weighted by Crippen LogP contribution is 2.20. The number of nitrogens with zero attached hydrogens (tertiary/aromatic N) is 7. The first-order chi connectivity index (χ1) is 11.8. The van der Waals surface area contributed by atoms with E-state index >= 15 is 0 Å². The lowest BCUT2D eigenvalue weighted by molar-refractivity contribution is 0.0746. The van der Waals surface area contributed by atoms with Crippen molar-refractivity contribution in [2.24, 2.45) is 0 Å². The van der Waals surface area contributed by atoms with Crippen LogP contribution in [0, 0.1) is 0 Å². The first kappa shape index (κ1) is 14.8. The number of thiazole rings is 1. The summed E-state index contributed by atoms with van der Waals surface area (Å²) in [7, 11) is 0. The summed E-state index contributed by atoms with van der Waals surface area (Å²) in [5.41, 5.74) is 1.41. The number of rotatable bonds is 3. The fourth-order valence-corrected chi connectivity index (χ4v) is 3.41. The zero-order valence-electron chi connectivity index (χ0n) is 12.8. The summed E-state index contributed by atoms with van der Waals surface area (Å²) in [5, 5.41) is 14.1. The molecular weight excluding hydrogens is 326 g/mol. The predicted octanol–water partition coefficient (Wildman–Crippen LogP) is 1.08. The van der Waals surface area contributed by atoms with Crippen molar-refractivity contribution in [2.75, 3.05) is 31.1 Å². The van der Waals surface area contributed by atoms with Gasteiger partial charge in [0.25, 0.3) is 5.91 Å². The molecule has 0 N–H and O–H groups in total. The van der Waals surface area contributed by atoms with Crippen LogP contribution >= 0.6 is 11.3 Å². The van der Waals surface area contributed by atoms with Crippen LogP contribution < -0.4 is 4.90 Å². The Balaban J connectivity index is 1.46. The van der Waals surface area contributed by atoms with Crippen LogP contribution in [0.1, 0.15) is 10.4 Å². The molecule has 0 aliphatic carbocycles. The lowest BCUT2D eigenvalue weighted by Crippen LogP contribution is -2.48. The van der Waals surface area contributed by atoms with Crippen LogP contribution in [0.25, 0.3) is 5.69 Å². The van der Waals surface area contributed by atoms with Crippen molar-refractivity contribution in [2.45, 2.75) is 0 Å². The van der Waals surface area contributed by atoms with Crippen molar-refractivity contribution in [3.63, 3.8) is 0 Å². The third kappa shape index (κ3) is 2.85. The van der Waals surface area contributed by atoms with Crippen molar-refractivity contribution >= 4 is 22.4 Å². The van der Waals surface area contributed by atoms with Crippen molar-refractivity contribution in [1.29, 1.82) is 0 Å². The van der Waals surface area contributed by atoms with Crippen molar-refractivity contribution < 1.29 is 4.79 Å². The SMILES string of the molecule is O=C(c1cccc(-n2cnnn2)c1)N1CCN(c2nccs2)CC1. The minimum absolute atomic E-state index is 0.0312. The number of piperazine rings is 1. The van der Waals surface area contributed by atoms with Gasteiger partial charge in [-0.3, -0.25) is 4.79 Å². The smallest absolute Gasteiger partial charge is 0.254 e. The van der Waals surface area contributed by atoms with E-state index in [2.05, 4.69) is 25.4 Å². The summed E-state index contributed by atoms with van der Waals surface area (Å²) in [6.45, 7) is 2.97. The van der Waals surface area contributed by atoms with E-state index in [0.29, 0.717) is 18.7 Å².